The van der Waals surface area contributed by atoms with Gasteiger partial charge in [-0.3, -0.25) is 9.59 Å². The van der Waals surface area contributed by atoms with Crippen LogP contribution in [0.4, 0.5) is 0 Å². The molecule has 2 aromatic carbocycles. The Labute approximate surface area is 187 Å². The zero-order chi connectivity index (χ0) is 21.9. The lowest BCUT2D eigenvalue weighted by molar-refractivity contribution is -0.143. The first kappa shape index (κ1) is 23.9. The molecule has 30 heavy (non-hydrogen) atoms. The van der Waals surface area contributed by atoms with E-state index >= 15 is 0 Å². The minimum Gasteiger partial charge on any atom is -0.492 e. The van der Waals surface area contributed by atoms with Crippen LogP contribution in [0.3, 0.4) is 0 Å². The predicted molar refractivity (Wildman–Crippen MR) is 122 cm³/mol. The van der Waals surface area contributed by atoms with Gasteiger partial charge in [-0.05, 0) is 59.0 Å². The Hall–Kier alpha value is -2.34. The smallest absolute Gasteiger partial charge is 0.307 e. The minimum absolute atomic E-state index is 0.141. The molecule has 0 bridgehead atoms. The van der Waals surface area contributed by atoms with Crippen LogP contribution >= 0.6 is 15.9 Å². The average molecular weight is 476 g/mol. The van der Waals surface area contributed by atoms with Gasteiger partial charge in [0.1, 0.15) is 5.75 Å². The first-order valence-corrected chi connectivity index (χ1v) is 11.1. The Bertz CT molecular complexity index is 823. The van der Waals surface area contributed by atoms with E-state index in [1.165, 1.54) is 0 Å². The van der Waals surface area contributed by atoms with Crippen molar-refractivity contribution in [3.8, 4) is 5.75 Å². The summed E-state index contributed by atoms with van der Waals surface area (Å²) in [6.45, 7) is 7.74. The van der Waals surface area contributed by atoms with Crippen molar-refractivity contribution in [2.45, 2.75) is 40.2 Å². The maximum Gasteiger partial charge on any atom is 0.307 e. The molecular weight excluding hydrogens is 446 g/mol. The van der Waals surface area contributed by atoms with E-state index in [4.69, 9.17) is 9.47 Å². The number of halogens is 1. The van der Waals surface area contributed by atoms with Gasteiger partial charge in [0, 0.05) is 18.7 Å². The Morgan fingerprint density at radius 2 is 1.83 bits per heavy atom. The third-order valence-corrected chi connectivity index (χ3v) is 5.15. The van der Waals surface area contributed by atoms with Crippen LogP contribution in [0, 0.1) is 5.92 Å². The Balaban J connectivity index is 2.13. The Morgan fingerprint density at radius 1 is 1.10 bits per heavy atom. The van der Waals surface area contributed by atoms with E-state index in [1.807, 2.05) is 36.4 Å². The lowest BCUT2D eigenvalue weighted by Gasteiger charge is -2.23. The molecule has 0 aliphatic carbocycles. The zero-order valence-corrected chi connectivity index (χ0v) is 19.5. The monoisotopic (exact) mass is 475 g/mol. The number of benzene rings is 2. The molecule has 0 N–H and O–H groups in total. The topological polar surface area (TPSA) is 55.8 Å². The van der Waals surface area contributed by atoms with Gasteiger partial charge in [-0.2, -0.15) is 0 Å². The second-order valence-corrected chi connectivity index (χ2v) is 8.30. The van der Waals surface area contributed by atoms with Crippen molar-refractivity contribution in [2.24, 2.45) is 5.92 Å². The average Bonchev–Trinajstić information content (AvgIpc) is 2.72. The molecule has 0 heterocycles. The van der Waals surface area contributed by atoms with Crippen molar-refractivity contribution < 1.29 is 19.1 Å². The van der Waals surface area contributed by atoms with Gasteiger partial charge in [0.25, 0.3) is 5.91 Å². The molecule has 0 saturated heterocycles. The minimum atomic E-state index is -0.307. The number of hydrogen-bond acceptors (Lipinski definition) is 4. The van der Waals surface area contributed by atoms with Crippen molar-refractivity contribution in [3.05, 3.63) is 64.1 Å². The molecule has 5 nitrogen and oxygen atoms in total. The van der Waals surface area contributed by atoms with Crippen molar-refractivity contribution in [1.82, 2.24) is 4.90 Å². The molecule has 2 aromatic rings. The van der Waals surface area contributed by atoms with Crippen LogP contribution in [0.25, 0.3) is 0 Å². The highest BCUT2D eigenvalue weighted by atomic mass is 79.9. The summed E-state index contributed by atoms with van der Waals surface area (Å²) in [6.07, 6.45) is 1.12. The Morgan fingerprint density at radius 3 is 2.47 bits per heavy atom. The van der Waals surface area contributed by atoms with Gasteiger partial charge in [-0.15, -0.1) is 0 Å². The maximum absolute atomic E-state index is 13.2. The number of carbonyl (C=O) groups is 2. The van der Waals surface area contributed by atoms with Crippen molar-refractivity contribution >= 4 is 27.8 Å². The predicted octanol–water partition coefficient (Wildman–Crippen LogP) is 5.47. The van der Waals surface area contributed by atoms with E-state index < -0.39 is 0 Å². The summed E-state index contributed by atoms with van der Waals surface area (Å²) in [4.78, 5) is 26.7. The first-order valence-electron chi connectivity index (χ1n) is 10.3. The summed E-state index contributed by atoms with van der Waals surface area (Å²) < 4.78 is 11.6. The number of ether oxygens (including phenoxy) is 2. The highest BCUT2D eigenvalue weighted by Crippen LogP contribution is 2.27. The molecule has 0 radical (unpaired) electrons. The van der Waals surface area contributed by atoms with Crippen LogP contribution in [-0.2, 0) is 16.1 Å². The summed E-state index contributed by atoms with van der Waals surface area (Å²) in [6, 6.07) is 15.1. The van der Waals surface area contributed by atoms with Crippen molar-refractivity contribution in [2.75, 3.05) is 19.8 Å². The number of rotatable bonds is 11. The third kappa shape index (κ3) is 7.82. The second-order valence-electron chi connectivity index (χ2n) is 7.44. The van der Waals surface area contributed by atoms with Gasteiger partial charge in [0.15, 0.2) is 0 Å². The van der Waals surface area contributed by atoms with Crippen LogP contribution in [0.15, 0.2) is 53.0 Å². The number of hydrogen-bond donors (Lipinski definition) is 0. The van der Waals surface area contributed by atoms with E-state index in [0.29, 0.717) is 37.0 Å². The van der Waals surface area contributed by atoms with Crippen LogP contribution < -0.4 is 4.74 Å². The van der Waals surface area contributed by atoms with Gasteiger partial charge in [0.05, 0.1) is 24.1 Å². The molecule has 0 spiro atoms. The van der Waals surface area contributed by atoms with E-state index in [-0.39, 0.29) is 24.8 Å². The van der Waals surface area contributed by atoms with E-state index in [2.05, 4.69) is 29.8 Å². The lowest BCUT2D eigenvalue weighted by atomic mass is 10.1. The number of carbonyl (C=O) groups excluding carboxylic acids is 2. The van der Waals surface area contributed by atoms with Crippen LogP contribution in [0.5, 0.6) is 5.75 Å². The fraction of sp³-hybridized carbons (Fsp3) is 0.417. The van der Waals surface area contributed by atoms with Gasteiger partial charge < -0.3 is 14.4 Å². The van der Waals surface area contributed by atoms with Gasteiger partial charge in [-0.25, -0.2) is 0 Å². The molecule has 0 aliphatic heterocycles. The van der Waals surface area contributed by atoms with Gasteiger partial charge >= 0.3 is 5.97 Å². The Kier molecular flexibility index (Phi) is 9.87. The maximum atomic E-state index is 13.2. The largest absolute Gasteiger partial charge is 0.492 e. The van der Waals surface area contributed by atoms with Crippen molar-refractivity contribution in [3.63, 3.8) is 0 Å². The molecule has 0 aliphatic rings. The SMILES string of the molecule is CCOC(=O)CCN(Cc1ccccc1)C(=O)c1ccc(OCCC(C)C)c(Br)c1. The van der Waals surface area contributed by atoms with Gasteiger partial charge in [-0.1, -0.05) is 44.2 Å². The number of esters is 1. The molecule has 0 saturated carbocycles. The molecule has 1 amide bonds. The summed E-state index contributed by atoms with van der Waals surface area (Å²) in [5.41, 5.74) is 1.54. The van der Waals surface area contributed by atoms with Crippen LogP contribution in [0.1, 0.15) is 49.5 Å². The fourth-order valence-electron chi connectivity index (χ4n) is 2.85. The van der Waals surface area contributed by atoms with E-state index in [0.717, 1.165) is 16.5 Å². The van der Waals surface area contributed by atoms with Crippen LogP contribution in [0.2, 0.25) is 0 Å². The van der Waals surface area contributed by atoms with E-state index in [1.54, 1.807) is 24.0 Å². The number of amides is 1. The molecule has 6 heteroatoms. The molecule has 0 fully saturated rings. The molecule has 0 unspecified atom stereocenters. The van der Waals surface area contributed by atoms with Gasteiger partial charge in [0.2, 0.25) is 0 Å². The quantitative estimate of drug-likeness (QED) is 0.404. The molecular formula is C24H30BrNO4. The normalized spacial score (nSPS) is 10.7. The summed E-state index contributed by atoms with van der Waals surface area (Å²) in [5.74, 6) is 0.833. The second kappa shape index (κ2) is 12.4. The summed E-state index contributed by atoms with van der Waals surface area (Å²) in [7, 11) is 0. The summed E-state index contributed by atoms with van der Waals surface area (Å²) >= 11 is 3.51. The van der Waals surface area contributed by atoms with Crippen molar-refractivity contribution in [1.29, 1.82) is 0 Å². The van der Waals surface area contributed by atoms with E-state index in [9.17, 15) is 9.59 Å². The standard InChI is InChI=1S/C24H30BrNO4/c1-4-29-23(27)12-14-26(17-19-8-6-5-7-9-19)24(28)20-10-11-22(21(25)16-20)30-15-13-18(2)3/h5-11,16,18H,4,12-15,17H2,1-3H3. The number of nitrogens with zero attached hydrogens (tertiary/aromatic N) is 1. The molecule has 0 atom stereocenters. The van der Waals surface area contributed by atoms with Crippen LogP contribution in [-0.4, -0.2) is 36.5 Å². The molecule has 2 rings (SSSR count). The first-order chi connectivity index (χ1) is 14.4. The lowest BCUT2D eigenvalue weighted by Crippen LogP contribution is -2.33. The molecule has 162 valence electrons. The fourth-order valence-corrected chi connectivity index (χ4v) is 3.35. The zero-order valence-electron chi connectivity index (χ0n) is 17.9. The highest BCUT2D eigenvalue weighted by molar-refractivity contribution is 9.10. The molecule has 0 aromatic heterocycles. The third-order valence-electron chi connectivity index (χ3n) is 4.53. The highest BCUT2D eigenvalue weighted by Gasteiger charge is 2.19. The summed E-state index contributed by atoms with van der Waals surface area (Å²) in [5, 5.41) is 0.